The molecule has 0 radical (unpaired) electrons. The van der Waals surface area contributed by atoms with E-state index in [0.717, 1.165) is 54.8 Å². The molecule has 0 fully saturated rings. The number of para-hydroxylation sites is 1. The van der Waals surface area contributed by atoms with Gasteiger partial charge in [0.15, 0.2) is 6.10 Å². The fraction of sp³-hybridized carbons (Fsp3) is 0.536. The molecule has 7 nitrogen and oxygen atoms in total. The number of aliphatic carboxylic acids is 1. The second kappa shape index (κ2) is 13.2. The Bertz CT molecular complexity index is 1020. The molecule has 0 aromatic heterocycles. The first-order chi connectivity index (χ1) is 17.7. The van der Waals surface area contributed by atoms with Gasteiger partial charge in [0.25, 0.3) is 0 Å². The highest BCUT2D eigenvalue weighted by molar-refractivity contribution is 8.24. The SMILES string of the molecule is CCCCC1(CCCC)CN(c2ccccc2)c2cc(SC)c(OC[C@@H](OC)C(=O)O)cc2S(O)(O)C1. The van der Waals surface area contributed by atoms with Gasteiger partial charge < -0.3 is 19.5 Å². The molecule has 2 aromatic carbocycles. The van der Waals surface area contributed by atoms with E-state index in [4.69, 9.17) is 9.47 Å². The van der Waals surface area contributed by atoms with E-state index < -0.39 is 22.7 Å². The number of nitrogens with zero attached hydrogens (tertiary/aromatic N) is 1. The highest BCUT2D eigenvalue weighted by Crippen LogP contribution is 2.62. The molecule has 0 bridgehead atoms. The van der Waals surface area contributed by atoms with Crippen molar-refractivity contribution >= 4 is 39.7 Å². The minimum atomic E-state index is -3.17. The predicted octanol–water partition coefficient (Wildman–Crippen LogP) is 7.51. The van der Waals surface area contributed by atoms with Gasteiger partial charge >= 0.3 is 5.97 Å². The third-order valence-electron chi connectivity index (χ3n) is 7.03. The fourth-order valence-electron chi connectivity index (χ4n) is 5.02. The van der Waals surface area contributed by atoms with E-state index >= 15 is 0 Å². The number of carbonyl (C=O) groups is 1. The van der Waals surface area contributed by atoms with Crippen molar-refractivity contribution in [1.29, 1.82) is 0 Å². The largest absolute Gasteiger partial charge is 0.489 e. The van der Waals surface area contributed by atoms with Crippen LogP contribution in [0.3, 0.4) is 0 Å². The lowest BCUT2D eigenvalue weighted by Gasteiger charge is -2.42. The monoisotopic (exact) mass is 551 g/mol. The zero-order chi connectivity index (χ0) is 27.1. The number of methoxy groups -OCH3 is 1. The Hall–Kier alpha value is -1.91. The fourth-order valence-corrected chi connectivity index (χ4v) is 7.76. The third-order valence-corrected chi connectivity index (χ3v) is 9.83. The van der Waals surface area contributed by atoms with Crippen molar-refractivity contribution in [3.05, 3.63) is 42.5 Å². The summed E-state index contributed by atoms with van der Waals surface area (Å²) in [5.41, 5.74) is 1.51. The predicted molar refractivity (Wildman–Crippen MR) is 153 cm³/mol. The molecule has 0 aliphatic carbocycles. The van der Waals surface area contributed by atoms with E-state index in [9.17, 15) is 19.0 Å². The number of ether oxygens (including phenoxy) is 2. The maximum absolute atomic E-state index is 11.7. The maximum Gasteiger partial charge on any atom is 0.336 e. The molecule has 0 amide bonds. The summed E-state index contributed by atoms with van der Waals surface area (Å²) in [5, 5.41) is 9.36. The van der Waals surface area contributed by atoms with Crippen LogP contribution in [0, 0.1) is 5.41 Å². The molecular formula is C28H41NO6S2. The molecular weight excluding hydrogens is 510 g/mol. The number of fused-ring (bicyclic) bond motifs is 1. The van der Waals surface area contributed by atoms with Crippen LogP contribution in [0.1, 0.15) is 52.4 Å². The standard InChI is InChI=1S/C28H41NO6S2/c1-5-7-14-28(15-8-6-2)19-29(21-12-10-9-11-13-21)22-16-25(36-4)23(17-26(22)37(32,33)20-28)35-18-24(34-3)27(30)31/h9-13,16-17,24,32-33H,5-8,14-15,18-20H2,1-4H3,(H,30,31)/t24-/m1/s1. The Kier molecular flexibility index (Phi) is 10.6. The molecule has 37 heavy (non-hydrogen) atoms. The summed E-state index contributed by atoms with van der Waals surface area (Å²) in [4.78, 5) is 14.9. The first-order valence-corrected chi connectivity index (χ1v) is 15.8. The second-order valence-electron chi connectivity index (χ2n) is 9.78. The molecule has 3 rings (SSSR count). The number of hydrogen-bond donors (Lipinski definition) is 3. The van der Waals surface area contributed by atoms with Crippen molar-refractivity contribution < 1.29 is 28.5 Å². The van der Waals surface area contributed by atoms with Crippen molar-refractivity contribution in [2.45, 2.75) is 68.3 Å². The molecule has 0 unspecified atom stereocenters. The van der Waals surface area contributed by atoms with Gasteiger partial charge in [0.1, 0.15) is 12.4 Å². The van der Waals surface area contributed by atoms with Gasteiger partial charge in [-0.2, -0.15) is 10.6 Å². The molecule has 1 aliphatic heterocycles. The number of unbranched alkanes of at least 4 members (excludes halogenated alkanes) is 2. The Balaban J connectivity index is 2.16. The van der Waals surface area contributed by atoms with Crippen molar-refractivity contribution in [3.63, 3.8) is 0 Å². The first kappa shape index (κ1) is 29.6. The Labute approximate surface area is 226 Å². The average Bonchev–Trinajstić information content (AvgIpc) is 2.98. The topological polar surface area (TPSA) is 99.5 Å². The number of anilines is 2. The zero-order valence-electron chi connectivity index (χ0n) is 22.3. The van der Waals surface area contributed by atoms with Crippen molar-refractivity contribution in [3.8, 4) is 5.75 Å². The smallest absolute Gasteiger partial charge is 0.336 e. The van der Waals surface area contributed by atoms with Crippen molar-refractivity contribution in [1.82, 2.24) is 0 Å². The van der Waals surface area contributed by atoms with Crippen LogP contribution in [0.2, 0.25) is 0 Å². The van der Waals surface area contributed by atoms with Crippen LogP contribution in [0.5, 0.6) is 5.75 Å². The van der Waals surface area contributed by atoms with Crippen molar-refractivity contribution in [2.24, 2.45) is 5.41 Å². The van der Waals surface area contributed by atoms with E-state index in [-0.39, 0.29) is 12.0 Å². The number of carboxylic acids is 1. The molecule has 1 atom stereocenters. The molecule has 206 valence electrons. The summed E-state index contributed by atoms with van der Waals surface area (Å²) in [6.45, 7) is 4.85. The number of thioether (sulfide) groups is 1. The van der Waals surface area contributed by atoms with Gasteiger partial charge in [-0.25, -0.2) is 4.79 Å². The average molecular weight is 552 g/mol. The molecule has 0 saturated heterocycles. The van der Waals surface area contributed by atoms with Gasteiger partial charge in [-0.1, -0.05) is 57.7 Å². The molecule has 0 spiro atoms. The lowest BCUT2D eigenvalue weighted by molar-refractivity contribution is -0.150. The highest BCUT2D eigenvalue weighted by Gasteiger charge is 2.42. The first-order valence-electron chi connectivity index (χ1n) is 12.9. The Morgan fingerprint density at radius 1 is 1.14 bits per heavy atom. The molecule has 2 aromatic rings. The van der Waals surface area contributed by atoms with E-state index in [1.807, 2.05) is 30.5 Å². The van der Waals surface area contributed by atoms with Crippen molar-refractivity contribution in [2.75, 3.05) is 37.2 Å². The van der Waals surface area contributed by atoms with E-state index in [0.29, 0.717) is 22.9 Å². The van der Waals surface area contributed by atoms with Gasteiger partial charge in [0.05, 0.1) is 15.5 Å². The molecule has 9 heteroatoms. The van der Waals surface area contributed by atoms with Gasteiger partial charge in [-0.3, -0.25) is 9.11 Å². The number of benzene rings is 2. The van der Waals surface area contributed by atoms with Gasteiger partial charge in [-0.05, 0) is 37.3 Å². The Morgan fingerprint density at radius 3 is 2.32 bits per heavy atom. The molecule has 3 N–H and O–H groups in total. The summed E-state index contributed by atoms with van der Waals surface area (Å²) in [5.74, 6) is -0.388. The van der Waals surface area contributed by atoms with E-state index in [2.05, 4.69) is 30.9 Å². The summed E-state index contributed by atoms with van der Waals surface area (Å²) in [6, 6.07) is 13.8. The summed E-state index contributed by atoms with van der Waals surface area (Å²) in [7, 11) is -1.85. The van der Waals surface area contributed by atoms with Gasteiger partial charge in [0, 0.05) is 36.6 Å². The molecule has 1 aliphatic rings. The molecule has 1 heterocycles. The maximum atomic E-state index is 11.7. The zero-order valence-corrected chi connectivity index (χ0v) is 23.9. The lowest BCUT2D eigenvalue weighted by atomic mass is 9.79. The summed E-state index contributed by atoms with van der Waals surface area (Å²) < 4.78 is 34.4. The van der Waals surface area contributed by atoms with Crippen LogP contribution >= 0.6 is 22.4 Å². The summed E-state index contributed by atoms with van der Waals surface area (Å²) >= 11 is 1.47. The van der Waals surface area contributed by atoms with Crippen LogP contribution in [0.15, 0.2) is 52.3 Å². The highest BCUT2D eigenvalue weighted by atomic mass is 32.3. The van der Waals surface area contributed by atoms with Crippen LogP contribution in [-0.2, 0) is 9.53 Å². The van der Waals surface area contributed by atoms with Crippen LogP contribution in [0.4, 0.5) is 11.4 Å². The van der Waals surface area contributed by atoms with E-state index in [1.165, 1.54) is 18.9 Å². The second-order valence-corrected chi connectivity index (χ2v) is 12.7. The molecule has 0 saturated carbocycles. The van der Waals surface area contributed by atoms with Gasteiger partial charge in [0.2, 0.25) is 0 Å². The normalized spacial score (nSPS) is 17.9. The van der Waals surface area contributed by atoms with Crippen LogP contribution in [0.25, 0.3) is 0 Å². The van der Waals surface area contributed by atoms with E-state index in [1.54, 1.807) is 6.07 Å². The Morgan fingerprint density at radius 2 is 1.78 bits per heavy atom. The number of hydrogen-bond acceptors (Lipinski definition) is 7. The van der Waals surface area contributed by atoms with Crippen LogP contribution in [-0.4, -0.2) is 58.6 Å². The number of carboxylic acid groups (broad SMARTS) is 1. The third kappa shape index (κ3) is 7.15. The quantitative estimate of drug-likeness (QED) is 0.220. The summed E-state index contributed by atoms with van der Waals surface area (Å²) in [6.07, 6.45) is 6.78. The minimum absolute atomic E-state index is 0.184. The minimum Gasteiger partial charge on any atom is -0.489 e. The van der Waals surface area contributed by atoms with Crippen LogP contribution < -0.4 is 9.64 Å². The number of rotatable bonds is 13. The lowest BCUT2D eigenvalue weighted by Crippen LogP contribution is -2.37. The van der Waals surface area contributed by atoms with Gasteiger partial charge in [-0.15, -0.1) is 11.8 Å².